The molecular formula is C3F5IO. The van der Waals surface area contributed by atoms with Crippen LogP contribution in [0.1, 0.15) is 0 Å². The molecule has 0 N–H and O–H groups in total. The number of hydrogen-bond donors (Lipinski definition) is 0. The minimum atomic E-state index is -5.17. The second kappa shape index (κ2) is 3.35. The van der Waals surface area contributed by atoms with Crippen molar-refractivity contribution in [3.8, 4) is 0 Å². The number of halogens is 6. The van der Waals surface area contributed by atoms with Gasteiger partial charge in [0, 0.05) is 0 Å². The van der Waals surface area contributed by atoms with Gasteiger partial charge in [-0.3, -0.25) is 0 Å². The first kappa shape index (κ1) is 9.92. The fourth-order valence-electron chi connectivity index (χ4n) is 0.140. The van der Waals surface area contributed by atoms with Crippen molar-refractivity contribution in [3.63, 3.8) is 0 Å². The fraction of sp³-hybridized carbons (Fsp3) is 0.333. The maximum atomic E-state index is 11.6. The first-order chi connectivity index (χ1) is 4.33. The highest BCUT2D eigenvalue weighted by atomic mass is 127. The van der Waals surface area contributed by atoms with Gasteiger partial charge in [-0.1, -0.05) is 0 Å². The average Bonchev–Trinajstić information content (AvgIpc) is 1.60. The lowest BCUT2D eigenvalue weighted by Gasteiger charge is -2.04. The minimum Gasteiger partial charge on any atom is -0.376 e. The molecule has 7 heteroatoms. The molecule has 0 aliphatic rings. The van der Waals surface area contributed by atoms with Gasteiger partial charge >= 0.3 is 12.4 Å². The lowest BCUT2D eigenvalue weighted by atomic mass is 11.0. The third kappa shape index (κ3) is 4.77. The van der Waals surface area contributed by atoms with Gasteiger partial charge in [-0.15, -0.1) is 13.2 Å². The summed E-state index contributed by atoms with van der Waals surface area (Å²) < 4.78 is 56.9. The van der Waals surface area contributed by atoms with Gasteiger partial charge in [-0.25, -0.2) is 0 Å². The summed E-state index contributed by atoms with van der Waals surface area (Å²) in [5.74, 6) is 0. The summed E-state index contributed by atoms with van der Waals surface area (Å²) in [6, 6.07) is -2.27. The lowest BCUT2D eigenvalue weighted by molar-refractivity contribution is -0.314. The smallest absolute Gasteiger partial charge is 0.376 e. The zero-order chi connectivity index (χ0) is 8.36. The van der Waals surface area contributed by atoms with Crippen LogP contribution in [0, 0.1) is 0 Å². The van der Waals surface area contributed by atoms with Gasteiger partial charge in [0.05, 0.1) is 0 Å². The Balaban J connectivity index is 4.06. The first-order valence-corrected chi connectivity index (χ1v) is 2.87. The molecule has 0 heterocycles. The van der Waals surface area contributed by atoms with E-state index in [0.29, 0.717) is 0 Å². The average molecular weight is 274 g/mol. The monoisotopic (exact) mass is 274 g/mol. The molecule has 0 spiro atoms. The zero-order valence-electron chi connectivity index (χ0n) is 4.18. The van der Waals surface area contributed by atoms with Crippen LogP contribution >= 0.6 is 22.6 Å². The SMILES string of the molecule is F/C(I)=C(/F)OC(F)(F)F. The van der Waals surface area contributed by atoms with Gasteiger partial charge in [-0.05, 0) is 22.6 Å². The molecule has 0 aliphatic carbocycles. The standard InChI is InChI=1S/C3F5IO/c4-1(9)2(5)10-3(6,7)8/b2-1+. The third-order valence-electron chi connectivity index (χ3n) is 0.354. The van der Waals surface area contributed by atoms with E-state index >= 15 is 0 Å². The molecule has 0 aliphatic heterocycles. The van der Waals surface area contributed by atoms with Crippen LogP contribution in [0.2, 0.25) is 0 Å². The molecular weight excluding hydrogens is 274 g/mol. The summed E-state index contributed by atoms with van der Waals surface area (Å²) in [4.78, 5) is 0. The molecule has 0 fully saturated rings. The van der Waals surface area contributed by atoms with Gasteiger partial charge in [0.1, 0.15) is 0 Å². The van der Waals surface area contributed by atoms with Crippen LogP contribution in [0.3, 0.4) is 0 Å². The Labute approximate surface area is 66.0 Å². The molecule has 0 saturated heterocycles. The van der Waals surface area contributed by atoms with E-state index in [4.69, 9.17) is 0 Å². The number of rotatable bonds is 1. The van der Waals surface area contributed by atoms with E-state index in [1.165, 1.54) is 0 Å². The number of hydrogen-bond acceptors (Lipinski definition) is 1. The molecule has 0 bridgehead atoms. The van der Waals surface area contributed by atoms with Gasteiger partial charge in [0.15, 0.2) is 0 Å². The van der Waals surface area contributed by atoms with Gasteiger partial charge in [0.25, 0.3) is 0 Å². The van der Waals surface area contributed by atoms with Crippen LogP contribution in [0.25, 0.3) is 0 Å². The maximum Gasteiger partial charge on any atom is 0.574 e. The Kier molecular flexibility index (Phi) is 3.33. The Bertz CT molecular complexity index is 145. The van der Waals surface area contributed by atoms with Crippen LogP contribution in [-0.2, 0) is 4.74 Å². The van der Waals surface area contributed by atoms with Crippen LogP contribution in [0.4, 0.5) is 22.0 Å². The second-order valence-electron chi connectivity index (χ2n) is 1.08. The lowest BCUT2D eigenvalue weighted by Crippen LogP contribution is -2.11. The predicted octanol–water partition coefficient (Wildman–Crippen LogP) is 3.02. The molecule has 0 aromatic carbocycles. The minimum absolute atomic E-state index is 0.721. The van der Waals surface area contributed by atoms with Crippen LogP contribution in [-0.4, -0.2) is 6.36 Å². The van der Waals surface area contributed by atoms with E-state index in [2.05, 4.69) is 4.74 Å². The zero-order valence-corrected chi connectivity index (χ0v) is 6.33. The Morgan fingerprint density at radius 3 is 1.70 bits per heavy atom. The predicted molar refractivity (Wildman–Crippen MR) is 30.4 cm³/mol. The highest BCUT2D eigenvalue weighted by Crippen LogP contribution is 2.25. The van der Waals surface area contributed by atoms with Crippen LogP contribution in [0.15, 0.2) is 9.85 Å². The molecule has 0 saturated carbocycles. The van der Waals surface area contributed by atoms with Gasteiger partial charge in [0.2, 0.25) is 3.83 Å². The van der Waals surface area contributed by atoms with E-state index in [9.17, 15) is 22.0 Å². The van der Waals surface area contributed by atoms with Gasteiger partial charge < -0.3 is 4.74 Å². The summed E-state index contributed by atoms with van der Waals surface area (Å²) in [6.45, 7) is 0. The highest BCUT2D eigenvalue weighted by Gasteiger charge is 2.33. The summed E-state index contributed by atoms with van der Waals surface area (Å²) in [5, 5.41) is 0. The van der Waals surface area contributed by atoms with Crippen molar-refractivity contribution in [2.75, 3.05) is 0 Å². The molecule has 10 heavy (non-hydrogen) atoms. The van der Waals surface area contributed by atoms with E-state index in [-0.39, 0.29) is 0 Å². The van der Waals surface area contributed by atoms with Crippen LogP contribution in [0.5, 0.6) is 0 Å². The van der Waals surface area contributed by atoms with E-state index in [0.717, 1.165) is 22.6 Å². The first-order valence-electron chi connectivity index (χ1n) is 1.79. The normalized spacial score (nSPS) is 14.6. The summed E-state index contributed by atoms with van der Waals surface area (Å²) in [6.07, 6.45) is -5.17. The van der Waals surface area contributed by atoms with Crippen molar-refractivity contribution in [1.29, 1.82) is 0 Å². The Morgan fingerprint density at radius 1 is 1.20 bits per heavy atom. The number of ether oxygens (including phenoxy) is 1. The third-order valence-corrected chi connectivity index (χ3v) is 0.778. The molecule has 0 radical (unpaired) electrons. The summed E-state index contributed by atoms with van der Waals surface area (Å²) in [7, 11) is 0. The molecule has 1 nitrogen and oxygen atoms in total. The quantitative estimate of drug-likeness (QED) is 0.405. The largest absolute Gasteiger partial charge is 0.574 e. The van der Waals surface area contributed by atoms with Crippen molar-refractivity contribution in [2.24, 2.45) is 0 Å². The summed E-state index contributed by atoms with van der Waals surface area (Å²) >= 11 is 0.721. The van der Waals surface area contributed by atoms with Gasteiger partial charge in [-0.2, -0.15) is 8.78 Å². The molecule has 0 aromatic rings. The van der Waals surface area contributed by atoms with E-state index in [1.54, 1.807) is 0 Å². The molecule has 0 rings (SSSR count). The van der Waals surface area contributed by atoms with Crippen molar-refractivity contribution in [3.05, 3.63) is 9.85 Å². The van der Waals surface area contributed by atoms with Crippen molar-refractivity contribution < 1.29 is 26.7 Å². The molecule has 0 unspecified atom stereocenters. The van der Waals surface area contributed by atoms with Crippen molar-refractivity contribution >= 4 is 22.6 Å². The van der Waals surface area contributed by atoms with E-state index < -0.39 is 16.2 Å². The summed E-state index contributed by atoms with van der Waals surface area (Å²) in [5.41, 5.74) is 0. The van der Waals surface area contributed by atoms with Crippen molar-refractivity contribution in [1.82, 2.24) is 0 Å². The second-order valence-corrected chi connectivity index (χ2v) is 2.03. The van der Waals surface area contributed by atoms with E-state index in [1.807, 2.05) is 0 Å². The molecule has 0 amide bonds. The highest BCUT2D eigenvalue weighted by molar-refractivity contribution is 14.1. The maximum absolute atomic E-state index is 11.6. The Morgan fingerprint density at radius 2 is 1.60 bits per heavy atom. The number of alkyl halides is 3. The Hall–Kier alpha value is -0.0800. The molecule has 0 aromatic heterocycles. The topological polar surface area (TPSA) is 9.23 Å². The van der Waals surface area contributed by atoms with Crippen molar-refractivity contribution in [2.45, 2.75) is 6.36 Å². The molecule has 0 atom stereocenters. The van der Waals surface area contributed by atoms with Crippen LogP contribution < -0.4 is 0 Å². The molecule has 60 valence electrons. The fourth-order valence-corrected chi connectivity index (χ4v) is 0.250.